The summed E-state index contributed by atoms with van der Waals surface area (Å²) in [6.07, 6.45) is 0. The van der Waals surface area contributed by atoms with Crippen LogP contribution in [0.25, 0.3) is 0 Å². The molecule has 17 heavy (non-hydrogen) atoms. The largest absolute Gasteiger partial charge is 0.320 e. The topological polar surface area (TPSA) is 91.8 Å². The van der Waals surface area contributed by atoms with Crippen LogP contribution in [0.5, 0.6) is 0 Å². The standard InChI is InChI=1S/C11H8N4O2/c1-7-10(15-17-14-7)11(16)13-9-4-2-8(6-12)3-5-9/h2-5H,1H3,(H,13,16). The Kier molecular flexibility index (Phi) is 2.83. The van der Waals surface area contributed by atoms with Gasteiger partial charge in [0.25, 0.3) is 5.91 Å². The Morgan fingerprint density at radius 3 is 2.59 bits per heavy atom. The third-order valence-corrected chi connectivity index (χ3v) is 2.14. The zero-order valence-electron chi connectivity index (χ0n) is 8.97. The summed E-state index contributed by atoms with van der Waals surface area (Å²) in [5, 5.41) is 18.3. The molecule has 0 aliphatic carbocycles. The molecule has 6 nitrogen and oxygen atoms in total. The van der Waals surface area contributed by atoms with Crippen molar-refractivity contribution in [1.82, 2.24) is 10.3 Å². The van der Waals surface area contributed by atoms with Crippen molar-refractivity contribution in [2.24, 2.45) is 0 Å². The zero-order chi connectivity index (χ0) is 12.3. The third-order valence-electron chi connectivity index (χ3n) is 2.14. The van der Waals surface area contributed by atoms with Gasteiger partial charge in [0.2, 0.25) is 0 Å². The molecule has 2 aromatic rings. The number of anilines is 1. The van der Waals surface area contributed by atoms with Gasteiger partial charge in [0.15, 0.2) is 5.69 Å². The van der Waals surface area contributed by atoms with Crippen LogP contribution in [0.3, 0.4) is 0 Å². The first-order valence-corrected chi connectivity index (χ1v) is 4.81. The minimum atomic E-state index is -0.395. The van der Waals surface area contributed by atoms with Crippen molar-refractivity contribution in [3.8, 4) is 6.07 Å². The fourth-order valence-corrected chi connectivity index (χ4v) is 1.26. The molecule has 1 amide bonds. The van der Waals surface area contributed by atoms with Crippen LogP contribution in [0.2, 0.25) is 0 Å². The number of aryl methyl sites for hydroxylation is 1. The van der Waals surface area contributed by atoms with E-state index in [0.29, 0.717) is 16.9 Å². The molecule has 6 heteroatoms. The van der Waals surface area contributed by atoms with Gasteiger partial charge in [-0.1, -0.05) is 5.16 Å². The summed E-state index contributed by atoms with van der Waals surface area (Å²) in [4.78, 5) is 11.7. The highest BCUT2D eigenvalue weighted by atomic mass is 16.6. The number of benzene rings is 1. The first-order valence-electron chi connectivity index (χ1n) is 4.81. The third kappa shape index (κ3) is 2.29. The van der Waals surface area contributed by atoms with Crippen LogP contribution < -0.4 is 5.32 Å². The minimum Gasteiger partial charge on any atom is -0.320 e. The maximum atomic E-state index is 11.7. The van der Waals surface area contributed by atoms with Crippen LogP contribution >= 0.6 is 0 Å². The number of nitrogens with one attached hydrogen (secondary N) is 1. The number of carbonyl (C=O) groups excluding carboxylic acids is 1. The second-order valence-corrected chi connectivity index (χ2v) is 3.34. The van der Waals surface area contributed by atoms with E-state index in [9.17, 15) is 4.79 Å². The Balaban J connectivity index is 2.14. The van der Waals surface area contributed by atoms with Crippen molar-refractivity contribution in [3.05, 3.63) is 41.2 Å². The molecule has 0 radical (unpaired) electrons. The SMILES string of the molecule is Cc1nonc1C(=O)Nc1ccc(C#N)cc1. The van der Waals surface area contributed by atoms with E-state index in [-0.39, 0.29) is 5.69 Å². The van der Waals surface area contributed by atoms with Gasteiger partial charge in [-0.2, -0.15) is 5.26 Å². The fourth-order valence-electron chi connectivity index (χ4n) is 1.26. The van der Waals surface area contributed by atoms with E-state index in [1.54, 1.807) is 31.2 Å². The Bertz CT molecular complexity index is 580. The van der Waals surface area contributed by atoms with Crippen molar-refractivity contribution in [2.75, 3.05) is 5.32 Å². The van der Waals surface area contributed by atoms with E-state index in [1.807, 2.05) is 6.07 Å². The van der Waals surface area contributed by atoms with Gasteiger partial charge in [-0.25, -0.2) is 4.63 Å². The van der Waals surface area contributed by atoms with Crippen molar-refractivity contribution in [2.45, 2.75) is 6.92 Å². The number of aromatic nitrogens is 2. The van der Waals surface area contributed by atoms with Gasteiger partial charge in [0.05, 0.1) is 11.6 Å². The molecule has 0 atom stereocenters. The fraction of sp³-hybridized carbons (Fsp3) is 0.0909. The molecule has 84 valence electrons. The summed E-state index contributed by atoms with van der Waals surface area (Å²) in [5.74, 6) is -0.395. The Morgan fingerprint density at radius 2 is 2.06 bits per heavy atom. The summed E-state index contributed by atoms with van der Waals surface area (Å²) in [5.41, 5.74) is 1.68. The summed E-state index contributed by atoms with van der Waals surface area (Å²) in [6, 6.07) is 8.50. The van der Waals surface area contributed by atoms with Gasteiger partial charge < -0.3 is 5.32 Å². The lowest BCUT2D eigenvalue weighted by atomic mass is 10.2. The van der Waals surface area contributed by atoms with Crippen molar-refractivity contribution in [1.29, 1.82) is 5.26 Å². The first kappa shape index (κ1) is 10.8. The lowest BCUT2D eigenvalue weighted by Gasteiger charge is -2.02. The van der Waals surface area contributed by atoms with Crippen LogP contribution in [0, 0.1) is 18.3 Å². The zero-order valence-corrected chi connectivity index (χ0v) is 8.97. The van der Waals surface area contributed by atoms with Crippen LogP contribution in [0.4, 0.5) is 5.69 Å². The van der Waals surface area contributed by atoms with Gasteiger partial charge in [-0.3, -0.25) is 4.79 Å². The number of amides is 1. The molecule has 0 bridgehead atoms. The van der Waals surface area contributed by atoms with E-state index in [0.717, 1.165) is 0 Å². The molecule has 0 spiro atoms. The van der Waals surface area contributed by atoms with Crippen molar-refractivity contribution >= 4 is 11.6 Å². The predicted octanol–water partition coefficient (Wildman–Crippen LogP) is 1.50. The number of rotatable bonds is 2. The number of hydrogen-bond donors (Lipinski definition) is 1. The van der Waals surface area contributed by atoms with E-state index in [4.69, 9.17) is 5.26 Å². The smallest absolute Gasteiger partial charge is 0.279 e. The summed E-state index contributed by atoms with van der Waals surface area (Å²) < 4.78 is 4.44. The first-order chi connectivity index (χ1) is 8.20. The van der Waals surface area contributed by atoms with Crippen molar-refractivity contribution in [3.63, 3.8) is 0 Å². The van der Waals surface area contributed by atoms with Crippen molar-refractivity contribution < 1.29 is 9.42 Å². The molecule has 1 aromatic heterocycles. The van der Waals surface area contributed by atoms with Gasteiger partial charge in [-0.15, -0.1) is 0 Å². The molecule has 0 unspecified atom stereocenters. The maximum Gasteiger partial charge on any atom is 0.279 e. The monoisotopic (exact) mass is 228 g/mol. The lowest BCUT2D eigenvalue weighted by Crippen LogP contribution is -2.13. The number of hydrogen-bond acceptors (Lipinski definition) is 5. The number of nitrogens with zero attached hydrogens (tertiary/aromatic N) is 3. The Labute approximate surface area is 96.8 Å². The van der Waals surface area contributed by atoms with E-state index in [1.165, 1.54) is 0 Å². The molecular weight excluding hydrogens is 220 g/mol. The maximum absolute atomic E-state index is 11.7. The van der Waals surface area contributed by atoms with Crippen LogP contribution in [-0.2, 0) is 0 Å². The normalized spacial score (nSPS) is 9.65. The van der Waals surface area contributed by atoms with Gasteiger partial charge >= 0.3 is 0 Å². The second-order valence-electron chi connectivity index (χ2n) is 3.34. The summed E-state index contributed by atoms with van der Waals surface area (Å²) in [7, 11) is 0. The van der Waals surface area contributed by atoms with E-state index in [2.05, 4.69) is 20.3 Å². The summed E-state index contributed by atoms with van der Waals surface area (Å²) in [6.45, 7) is 1.63. The van der Waals surface area contributed by atoms with E-state index >= 15 is 0 Å². The molecule has 0 saturated carbocycles. The Hall–Kier alpha value is -2.68. The summed E-state index contributed by atoms with van der Waals surface area (Å²) >= 11 is 0. The lowest BCUT2D eigenvalue weighted by molar-refractivity contribution is 0.101. The molecule has 0 saturated heterocycles. The molecule has 1 heterocycles. The molecule has 2 rings (SSSR count). The molecule has 1 aromatic carbocycles. The molecule has 1 N–H and O–H groups in total. The number of nitriles is 1. The quantitative estimate of drug-likeness (QED) is 0.840. The van der Waals surface area contributed by atoms with E-state index < -0.39 is 5.91 Å². The van der Waals surface area contributed by atoms with Crippen LogP contribution in [0.1, 0.15) is 21.7 Å². The van der Waals surface area contributed by atoms with Gasteiger partial charge in [0.1, 0.15) is 5.69 Å². The average molecular weight is 228 g/mol. The highest BCUT2D eigenvalue weighted by Gasteiger charge is 2.14. The molecular formula is C11H8N4O2. The van der Waals surface area contributed by atoms with Gasteiger partial charge in [0, 0.05) is 5.69 Å². The predicted molar refractivity (Wildman–Crippen MR) is 58.1 cm³/mol. The average Bonchev–Trinajstić information content (AvgIpc) is 2.76. The van der Waals surface area contributed by atoms with Crippen LogP contribution in [-0.4, -0.2) is 16.2 Å². The molecule has 0 fully saturated rings. The number of carbonyl (C=O) groups is 1. The highest BCUT2D eigenvalue weighted by molar-refractivity contribution is 6.03. The molecule has 0 aliphatic rings. The minimum absolute atomic E-state index is 0.148. The Morgan fingerprint density at radius 1 is 1.35 bits per heavy atom. The highest BCUT2D eigenvalue weighted by Crippen LogP contribution is 2.11. The van der Waals surface area contributed by atoms with Crippen LogP contribution in [0.15, 0.2) is 28.9 Å². The second kappa shape index (κ2) is 4.45. The molecule has 0 aliphatic heterocycles. The van der Waals surface area contributed by atoms with Gasteiger partial charge in [-0.05, 0) is 36.3 Å².